The van der Waals surface area contributed by atoms with E-state index in [0.717, 1.165) is 23.8 Å². The summed E-state index contributed by atoms with van der Waals surface area (Å²) in [6, 6.07) is 11.0. The van der Waals surface area contributed by atoms with Crippen molar-refractivity contribution in [1.29, 1.82) is 0 Å². The van der Waals surface area contributed by atoms with Gasteiger partial charge in [0, 0.05) is 5.39 Å². The predicted molar refractivity (Wildman–Crippen MR) is 85.1 cm³/mol. The molecule has 0 bridgehead atoms. The van der Waals surface area contributed by atoms with E-state index in [-0.39, 0.29) is 11.9 Å². The second kappa shape index (κ2) is 6.37. The molecule has 2 aromatic carbocycles. The van der Waals surface area contributed by atoms with Crippen molar-refractivity contribution in [3.63, 3.8) is 0 Å². The fraction of sp³-hybridized carbons (Fsp3) is 0.333. The van der Waals surface area contributed by atoms with Crippen LogP contribution in [0, 0.1) is 5.82 Å². The van der Waals surface area contributed by atoms with Crippen LogP contribution in [0.1, 0.15) is 43.7 Å². The third-order valence-corrected chi connectivity index (χ3v) is 4.33. The topological polar surface area (TPSA) is 38.0 Å². The zero-order valence-corrected chi connectivity index (χ0v) is 12.1. The summed E-state index contributed by atoms with van der Waals surface area (Å²) in [7, 11) is 0. The van der Waals surface area contributed by atoms with E-state index in [0.29, 0.717) is 5.39 Å². The Kier molecular flexibility index (Phi) is 4.32. The van der Waals surface area contributed by atoms with E-state index in [2.05, 4.69) is 11.5 Å². The summed E-state index contributed by atoms with van der Waals surface area (Å²) in [6.07, 6.45) is 8.17. The fourth-order valence-electron chi connectivity index (χ4n) is 3.24. The molecule has 0 spiro atoms. The van der Waals surface area contributed by atoms with Crippen LogP contribution in [0.3, 0.4) is 0 Å². The minimum Gasteiger partial charge on any atom is -0.271 e. The number of benzene rings is 2. The number of halogens is 1. The molecule has 3 rings (SSSR count). The molecule has 0 saturated carbocycles. The van der Waals surface area contributed by atoms with E-state index in [1.165, 1.54) is 24.8 Å². The Balaban J connectivity index is 2.09. The highest BCUT2D eigenvalue weighted by molar-refractivity contribution is 5.87. The van der Waals surface area contributed by atoms with E-state index < -0.39 is 0 Å². The number of fused-ring (bicyclic) bond motifs is 1. The number of hydrogen-bond donors (Lipinski definition) is 2. The van der Waals surface area contributed by atoms with Gasteiger partial charge in [0.05, 0.1) is 6.04 Å². The molecule has 0 amide bonds. The first-order valence-corrected chi connectivity index (χ1v) is 7.63. The van der Waals surface area contributed by atoms with Gasteiger partial charge >= 0.3 is 0 Å². The molecule has 21 heavy (non-hydrogen) atoms. The van der Waals surface area contributed by atoms with Gasteiger partial charge in [0.15, 0.2) is 0 Å². The highest BCUT2D eigenvalue weighted by Crippen LogP contribution is 2.33. The van der Waals surface area contributed by atoms with Crippen LogP contribution in [0.25, 0.3) is 10.8 Å². The first kappa shape index (κ1) is 14.2. The lowest BCUT2D eigenvalue weighted by Gasteiger charge is -2.21. The standard InChI is InChI=1S/C18H21FN2/c19-17-12-11-16(14-9-5-6-10-15(14)17)18(21-20)13-7-3-1-2-4-8-13/h5-7,9-12,18,21H,1-4,8,20H2. The smallest absolute Gasteiger partial charge is 0.131 e. The van der Waals surface area contributed by atoms with E-state index in [1.54, 1.807) is 6.07 Å². The molecule has 2 nitrogen and oxygen atoms in total. The summed E-state index contributed by atoms with van der Waals surface area (Å²) in [5, 5.41) is 1.59. The fourth-order valence-corrected chi connectivity index (χ4v) is 3.24. The Labute approximate surface area is 124 Å². The lowest BCUT2D eigenvalue weighted by atomic mass is 9.91. The quantitative estimate of drug-likeness (QED) is 0.499. The number of rotatable bonds is 3. The van der Waals surface area contributed by atoms with Gasteiger partial charge in [-0.3, -0.25) is 5.84 Å². The average molecular weight is 284 g/mol. The van der Waals surface area contributed by atoms with Crippen LogP contribution in [0.2, 0.25) is 0 Å². The minimum atomic E-state index is -0.181. The molecule has 0 aromatic heterocycles. The minimum absolute atomic E-state index is 0.0337. The van der Waals surface area contributed by atoms with Gasteiger partial charge in [-0.1, -0.05) is 48.4 Å². The maximum Gasteiger partial charge on any atom is 0.131 e. The molecule has 1 unspecified atom stereocenters. The van der Waals surface area contributed by atoms with Crippen molar-refractivity contribution in [2.75, 3.05) is 0 Å². The largest absolute Gasteiger partial charge is 0.271 e. The van der Waals surface area contributed by atoms with Gasteiger partial charge in [-0.15, -0.1) is 0 Å². The first-order chi connectivity index (χ1) is 10.3. The van der Waals surface area contributed by atoms with Crippen molar-refractivity contribution in [3.8, 4) is 0 Å². The molecule has 3 N–H and O–H groups in total. The first-order valence-electron chi connectivity index (χ1n) is 7.63. The predicted octanol–water partition coefficient (Wildman–Crippen LogP) is 4.37. The molecule has 0 saturated heterocycles. The van der Waals surface area contributed by atoms with Crippen molar-refractivity contribution in [2.45, 2.75) is 38.1 Å². The summed E-state index contributed by atoms with van der Waals surface area (Å²) in [5.41, 5.74) is 5.32. The van der Waals surface area contributed by atoms with E-state index in [9.17, 15) is 4.39 Å². The number of hydrazine groups is 1. The Bertz CT molecular complexity index is 663. The maximum absolute atomic E-state index is 14.0. The Morgan fingerprint density at radius 3 is 2.62 bits per heavy atom. The summed E-state index contributed by atoms with van der Waals surface area (Å²) in [4.78, 5) is 0. The van der Waals surface area contributed by atoms with E-state index >= 15 is 0 Å². The molecule has 0 radical (unpaired) electrons. The van der Waals surface area contributed by atoms with Crippen LogP contribution in [0.5, 0.6) is 0 Å². The third kappa shape index (κ3) is 2.85. The number of allylic oxidation sites excluding steroid dienone is 1. The zero-order chi connectivity index (χ0) is 14.7. The second-order valence-electron chi connectivity index (χ2n) is 5.66. The molecule has 1 aliphatic carbocycles. The van der Waals surface area contributed by atoms with Gasteiger partial charge in [0.1, 0.15) is 5.82 Å². The second-order valence-corrected chi connectivity index (χ2v) is 5.66. The van der Waals surface area contributed by atoms with Gasteiger partial charge in [0.25, 0.3) is 0 Å². The van der Waals surface area contributed by atoms with Gasteiger partial charge in [-0.25, -0.2) is 9.82 Å². The number of nitrogens with one attached hydrogen (secondary N) is 1. The molecule has 110 valence electrons. The number of hydrogen-bond acceptors (Lipinski definition) is 2. The Morgan fingerprint density at radius 1 is 1.00 bits per heavy atom. The zero-order valence-electron chi connectivity index (χ0n) is 12.1. The van der Waals surface area contributed by atoms with Crippen molar-refractivity contribution in [2.24, 2.45) is 5.84 Å². The molecule has 3 heteroatoms. The van der Waals surface area contributed by atoms with Gasteiger partial charge in [0.2, 0.25) is 0 Å². The maximum atomic E-state index is 14.0. The summed E-state index contributed by atoms with van der Waals surface area (Å²) in [5.74, 6) is 5.65. The lowest BCUT2D eigenvalue weighted by molar-refractivity contribution is 0.593. The van der Waals surface area contributed by atoms with Gasteiger partial charge in [-0.05, 0) is 42.7 Å². The molecule has 0 fully saturated rings. The van der Waals surface area contributed by atoms with Crippen LogP contribution in [0.15, 0.2) is 48.0 Å². The third-order valence-electron chi connectivity index (χ3n) is 4.33. The summed E-state index contributed by atoms with van der Waals surface area (Å²) < 4.78 is 14.0. The summed E-state index contributed by atoms with van der Waals surface area (Å²) in [6.45, 7) is 0. The SMILES string of the molecule is NNC(C1=CCCCCC1)c1ccc(F)c2ccccc12. The number of nitrogens with two attached hydrogens (primary N) is 1. The Morgan fingerprint density at radius 2 is 1.81 bits per heavy atom. The average Bonchev–Trinajstić information content (AvgIpc) is 2.80. The van der Waals surface area contributed by atoms with Gasteiger partial charge in [-0.2, -0.15) is 0 Å². The monoisotopic (exact) mass is 284 g/mol. The normalized spacial score (nSPS) is 17.3. The molecule has 1 atom stereocenters. The van der Waals surface area contributed by atoms with Gasteiger partial charge < -0.3 is 0 Å². The van der Waals surface area contributed by atoms with Crippen LogP contribution in [-0.4, -0.2) is 0 Å². The van der Waals surface area contributed by atoms with Crippen molar-refractivity contribution < 1.29 is 4.39 Å². The summed E-state index contributed by atoms with van der Waals surface area (Å²) >= 11 is 0. The molecule has 0 heterocycles. The Hall–Kier alpha value is -1.71. The van der Waals surface area contributed by atoms with Crippen LogP contribution in [-0.2, 0) is 0 Å². The lowest BCUT2D eigenvalue weighted by Crippen LogP contribution is -2.29. The van der Waals surface area contributed by atoms with Crippen molar-refractivity contribution >= 4 is 10.8 Å². The van der Waals surface area contributed by atoms with Crippen molar-refractivity contribution in [3.05, 3.63) is 59.4 Å². The molecular formula is C18H21FN2. The highest BCUT2D eigenvalue weighted by atomic mass is 19.1. The molecular weight excluding hydrogens is 263 g/mol. The van der Waals surface area contributed by atoms with E-state index in [1.807, 2.05) is 30.3 Å². The molecule has 2 aromatic rings. The van der Waals surface area contributed by atoms with E-state index in [4.69, 9.17) is 5.84 Å². The van der Waals surface area contributed by atoms with Crippen LogP contribution >= 0.6 is 0 Å². The molecule has 1 aliphatic rings. The molecule has 0 aliphatic heterocycles. The van der Waals surface area contributed by atoms with Crippen molar-refractivity contribution in [1.82, 2.24) is 5.43 Å². The van der Waals surface area contributed by atoms with Crippen LogP contribution in [0.4, 0.5) is 4.39 Å². The highest BCUT2D eigenvalue weighted by Gasteiger charge is 2.19. The van der Waals surface area contributed by atoms with Crippen LogP contribution < -0.4 is 11.3 Å².